The summed E-state index contributed by atoms with van der Waals surface area (Å²) < 4.78 is 0. The molecule has 2 aliphatic rings. The molecular formula is C25H27ClN4S2. The minimum absolute atomic E-state index is 0.0233. The average molecular weight is 483 g/mol. The van der Waals surface area contributed by atoms with E-state index >= 15 is 0 Å². The number of nitrogens with one attached hydrogen (secondary N) is 1. The molecule has 2 atom stereocenters. The van der Waals surface area contributed by atoms with Gasteiger partial charge in [0.25, 0.3) is 0 Å². The SMILES string of the molecule is Cc1ccsc1C1C(c2ccccn2)NC(=S)N1c1ccc(N2CCC(C)CC2)c(Cl)c1. The van der Waals surface area contributed by atoms with Crippen LogP contribution in [0, 0.1) is 12.8 Å². The van der Waals surface area contributed by atoms with Crippen LogP contribution >= 0.6 is 35.2 Å². The van der Waals surface area contributed by atoms with Crippen molar-refractivity contribution in [1.82, 2.24) is 10.3 Å². The van der Waals surface area contributed by atoms with Crippen LogP contribution in [0.25, 0.3) is 0 Å². The topological polar surface area (TPSA) is 31.4 Å². The Morgan fingerprint density at radius 2 is 1.97 bits per heavy atom. The molecule has 7 heteroatoms. The molecule has 32 heavy (non-hydrogen) atoms. The molecule has 2 fully saturated rings. The summed E-state index contributed by atoms with van der Waals surface area (Å²) in [6, 6.07) is 14.6. The van der Waals surface area contributed by atoms with Gasteiger partial charge in [-0.25, -0.2) is 0 Å². The molecule has 0 amide bonds. The van der Waals surface area contributed by atoms with Crippen LogP contribution in [0.1, 0.15) is 48.0 Å². The molecule has 1 aromatic carbocycles. The van der Waals surface area contributed by atoms with E-state index < -0.39 is 0 Å². The van der Waals surface area contributed by atoms with Crippen molar-refractivity contribution < 1.29 is 0 Å². The van der Waals surface area contributed by atoms with Crippen LogP contribution in [0.15, 0.2) is 54.0 Å². The van der Waals surface area contributed by atoms with E-state index in [1.54, 1.807) is 11.3 Å². The zero-order valence-electron chi connectivity index (χ0n) is 18.3. The smallest absolute Gasteiger partial charge is 0.174 e. The van der Waals surface area contributed by atoms with Crippen molar-refractivity contribution in [2.75, 3.05) is 22.9 Å². The van der Waals surface area contributed by atoms with Gasteiger partial charge in [-0.3, -0.25) is 4.98 Å². The molecule has 4 nitrogen and oxygen atoms in total. The summed E-state index contributed by atoms with van der Waals surface area (Å²) >= 11 is 14.5. The molecule has 2 unspecified atom stereocenters. The Morgan fingerprint density at radius 3 is 2.62 bits per heavy atom. The van der Waals surface area contributed by atoms with Gasteiger partial charge in [0, 0.05) is 29.9 Å². The van der Waals surface area contributed by atoms with E-state index in [2.05, 4.69) is 69.7 Å². The highest BCUT2D eigenvalue weighted by Gasteiger charge is 2.42. The molecule has 4 heterocycles. The number of thiophene rings is 1. The average Bonchev–Trinajstić information content (AvgIpc) is 3.37. The summed E-state index contributed by atoms with van der Waals surface area (Å²) in [5, 5.41) is 7.16. The first-order chi connectivity index (χ1) is 15.5. The van der Waals surface area contributed by atoms with Crippen molar-refractivity contribution in [1.29, 1.82) is 0 Å². The van der Waals surface area contributed by atoms with E-state index in [0.717, 1.165) is 41.1 Å². The zero-order chi connectivity index (χ0) is 22.2. The van der Waals surface area contributed by atoms with Crippen LogP contribution < -0.4 is 15.1 Å². The number of rotatable bonds is 4. The number of aryl methyl sites for hydroxylation is 1. The van der Waals surface area contributed by atoms with Gasteiger partial charge in [-0.2, -0.15) is 0 Å². The summed E-state index contributed by atoms with van der Waals surface area (Å²) in [5.41, 5.74) is 4.38. The second-order valence-corrected chi connectivity index (χ2v) is 10.5. The van der Waals surface area contributed by atoms with Crippen molar-refractivity contribution in [3.63, 3.8) is 0 Å². The summed E-state index contributed by atoms with van der Waals surface area (Å²) in [4.78, 5) is 10.5. The van der Waals surface area contributed by atoms with Gasteiger partial charge in [-0.15, -0.1) is 11.3 Å². The third kappa shape index (κ3) is 4.00. The lowest BCUT2D eigenvalue weighted by molar-refractivity contribution is 0.438. The Kier molecular flexibility index (Phi) is 6.10. The van der Waals surface area contributed by atoms with E-state index in [-0.39, 0.29) is 12.1 Å². The highest BCUT2D eigenvalue weighted by Crippen LogP contribution is 2.45. The van der Waals surface area contributed by atoms with Crippen LogP contribution in [-0.4, -0.2) is 23.2 Å². The van der Waals surface area contributed by atoms with Crippen molar-refractivity contribution in [3.05, 3.63) is 75.2 Å². The molecule has 3 aromatic rings. The van der Waals surface area contributed by atoms with Gasteiger partial charge in [0.15, 0.2) is 5.11 Å². The normalized spacial score (nSPS) is 21.8. The van der Waals surface area contributed by atoms with Gasteiger partial charge in [0.2, 0.25) is 0 Å². The number of piperidine rings is 1. The highest BCUT2D eigenvalue weighted by molar-refractivity contribution is 7.80. The highest BCUT2D eigenvalue weighted by atomic mass is 35.5. The summed E-state index contributed by atoms with van der Waals surface area (Å²) in [7, 11) is 0. The summed E-state index contributed by atoms with van der Waals surface area (Å²) in [6.07, 6.45) is 4.26. The molecule has 1 N–H and O–H groups in total. The van der Waals surface area contributed by atoms with Crippen LogP contribution in [0.5, 0.6) is 0 Å². The Morgan fingerprint density at radius 1 is 1.16 bits per heavy atom. The molecule has 0 spiro atoms. The van der Waals surface area contributed by atoms with Crippen molar-refractivity contribution >= 4 is 51.6 Å². The third-order valence-corrected chi connectivity index (χ3v) is 8.31. The van der Waals surface area contributed by atoms with Gasteiger partial charge < -0.3 is 15.1 Å². The fourth-order valence-corrected chi connectivity index (χ4v) is 6.43. The quantitative estimate of drug-likeness (QED) is 0.428. The molecule has 0 saturated carbocycles. The molecule has 2 aliphatic heterocycles. The maximum Gasteiger partial charge on any atom is 0.174 e. The fourth-order valence-electron chi connectivity index (χ4n) is 4.74. The first kappa shape index (κ1) is 21.7. The summed E-state index contributed by atoms with van der Waals surface area (Å²) in [5.74, 6) is 0.788. The van der Waals surface area contributed by atoms with Crippen molar-refractivity contribution in [3.8, 4) is 0 Å². The lowest BCUT2D eigenvalue weighted by atomic mass is 9.98. The molecule has 166 valence electrons. The van der Waals surface area contributed by atoms with Gasteiger partial charge in [0.05, 0.1) is 28.5 Å². The summed E-state index contributed by atoms with van der Waals surface area (Å²) in [6.45, 7) is 6.60. The van der Waals surface area contributed by atoms with Crippen LogP contribution in [0.2, 0.25) is 5.02 Å². The number of nitrogens with zero attached hydrogens (tertiary/aromatic N) is 3. The van der Waals surface area contributed by atoms with E-state index in [4.69, 9.17) is 23.8 Å². The molecule has 5 rings (SSSR count). The van der Waals surface area contributed by atoms with E-state index in [1.807, 2.05) is 18.3 Å². The Hall–Kier alpha value is -2.15. The van der Waals surface area contributed by atoms with Crippen LogP contribution in [0.3, 0.4) is 0 Å². The van der Waals surface area contributed by atoms with Crippen LogP contribution in [-0.2, 0) is 0 Å². The second kappa shape index (κ2) is 9.00. The second-order valence-electron chi connectivity index (χ2n) is 8.77. The molecule has 0 aliphatic carbocycles. The third-order valence-electron chi connectivity index (χ3n) is 6.60. The van der Waals surface area contributed by atoms with Gasteiger partial charge in [-0.1, -0.05) is 24.6 Å². The lowest BCUT2D eigenvalue weighted by Crippen LogP contribution is -2.33. The fraction of sp³-hybridized carbons (Fsp3) is 0.360. The standard InChI is InChI=1S/C25H27ClN4S2/c1-16-8-12-29(13-9-16)21-7-6-18(15-19(21)26)30-23(24-17(2)10-14-32-24)22(28-25(30)31)20-5-3-4-11-27-20/h3-7,10-11,14-16,22-23H,8-9,12-13H2,1-2H3,(H,28,31). The Balaban J connectivity index is 1.52. The number of benzene rings is 1. The maximum atomic E-state index is 6.84. The molecular weight excluding hydrogens is 456 g/mol. The molecule has 0 bridgehead atoms. The number of pyridine rings is 1. The minimum atomic E-state index is -0.0249. The van der Waals surface area contributed by atoms with Crippen molar-refractivity contribution in [2.24, 2.45) is 5.92 Å². The number of hydrogen-bond donors (Lipinski definition) is 1. The number of hydrogen-bond acceptors (Lipinski definition) is 4. The monoisotopic (exact) mass is 482 g/mol. The van der Waals surface area contributed by atoms with Gasteiger partial charge >= 0.3 is 0 Å². The van der Waals surface area contributed by atoms with E-state index in [9.17, 15) is 0 Å². The van der Waals surface area contributed by atoms with E-state index in [1.165, 1.54) is 23.3 Å². The van der Waals surface area contributed by atoms with Crippen LogP contribution in [0.4, 0.5) is 11.4 Å². The van der Waals surface area contributed by atoms with Gasteiger partial charge in [-0.05, 0) is 85.2 Å². The Labute approximate surface area is 204 Å². The van der Waals surface area contributed by atoms with Gasteiger partial charge in [0.1, 0.15) is 0 Å². The predicted molar refractivity (Wildman–Crippen MR) is 139 cm³/mol. The lowest BCUT2D eigenvalue weighted by Gasteiger charge is -2.33. The Bertz CT molecular complexity index is 1110. The maximum absolute atomic E-state index is 6.84. The molecule has 0 radical (unpaired) electrons. The molecule has 2 aromatic heterocycles. The number of thiocarbonyl (C=S) groups is 1. The zero-order valence-corrected chi connectivity index (χ0v) is 20.7. The predicted octanol–water partition coefficient (Wildman–Crippen LogP) is 6.52. The van der Waals surface area contributed by atoms with E-state index in [0.29, 0.717) is 5.11 Å². The first-order valence-corrected chi connectivity index (χ1v) is 12.8. The number of halogens is 1. The van der Waals surface area contributed by atoms with Crippen molar-refractivity contribution in [2.45, 2.75) is 38.8 Å². The molecule has 2 saturated heterocycles. The minimum Gasteiger partial charge on any atom is -0.370 e. The largest absolute Gasteiger partial charge is 0.370 e. The first-order valence-electron chi connectivity index (χ1n) is 11.1. The number of aromatic nitrogens is 1. The number of anilines is 2.